The lowest BCUT2D eigenvalue weighted by molar-refractivity contribution is 0.271. The molecule has 16 heavy (non-hydrogen) atoms. The lowest BCUT2D eigenvalue weighted by Gasteiger charge is -2.35. The molecule has 0 N–H and O–H groups in total. The molecule has 0 spiro atoms. The first-order valence-corrected chi connectivity index (χ1v) is 6.25. The molecule has 1 aliphatic rings. The van der Waals surface area contributed by atoms with E-state index in [1.165, 1.54) is 31.0 Å². The van der Waals surface area contributed by atoms with Gasteiger partial charge in [0.2, 0.25) is 0 Å². The fourth-order valence-electron chi connectivity index (χ4n) is 2.14. The molecule has 0 amide bonds. The smallest absolute Gasteiger partial charge is 0.0553 e. The van der Waals surface area contributed by atoms with E-state index in [1.54, 1.807) is 0 Å². The van der Waals surface area contributed by atoms with Gasteiger partial charge in [0.25, 0.3) is 0 Å². The number of aryl methyl sites for hydroxylation is 1. The second-order valence-corrected chi connectivity index (χ2v) is 4.28. The van der Waals surface area contributed by atoms with Crippen LogP contribution in [-0.4, -0.2) is 42.6 Å². The highest BCUT2D eigenvalue weighted by atomic mass is 15.3. The van der Waals surface area contributed by atoms with Gasteiger partial charge in [0.1, 0.15) is 0 Å². The van der Waals surface area contributed by atoms with Gasteiger partial charge >= 0.3 is 0 Å². The van der Waals surface area contributed by atoms with Crippen molar-refractivity contribution >= 4 is 5.69 Å². The highest BCUT2D eigenvalue weighted by molar-refractivity contribution is 5.45. The van der Waals surface area contributed by atoms with Gasteiger partial charge in [-0.1, -0.05) is 13.8 Å². The van der Waals surface area contributed by atoms with Gasteiger partial charge in [-0.2, -0.15) is 0 Å². The summed E-state index contributed by atoms with van der Waals surface area (Å²) in [5.74, 6) is 0. The summed E-state index contributed by atoms with van der Waals surface area (Å²) >= 11 is 0. The van der Waals surface area contributed by atoms with E-state index < -0.39 is 0 Å². The van der Waals surface area contributed by atoms with Crippen LogP contribution in [0.4, 0.5) is 5.69 Å². The molecular weight excluding hydrogens is 198 g/mol. The second kappa shape index (κ2) is 5.30. The molecule has 0 atom stereocenters. The summed E-state index contributed by atoms with van der Waals surface area (Å²) in [6.45, 7) is 10.1. The third-order valence-corrected chi connectivity index (χ3v) is 3.36. The Morgan fingerprint density at radius 1 is 1.12 bits per heavy atom. The molecule has 2 rings (SSSR count). The molecule has 2 heterocycles. The minimum absolute atomic E-state index is 1.02. The molecule has 1 aromatic rings. The maximum Gasteiger partial charge on any atom is 0.0553 e. The third kappa shape index (κ3) is 2.53. The molecule has 3 heteroatoms. The SMILES string of the molecule is CCc1ccc(N2CCN(CC)CC2)cn1. The van der Waals surface area contributed by atoms with Gasteiger partial charge in [-0.15, -0.1) is 0 Å². The number of piperazine rings is 1. The molecule has 0 unspecified atom stereocenters. The highest BCUT2D eigenvalue weighted by Crippen LogP contribution is 2.15. The fourth-order valence-corrected chi connectivity index (χ4v) is 2.14. The van der Waals surface area contributed by atoms with E-state index in [0.29, 0.717) is 0 Å². The third-order valence-electron chi connectivity index (χ3n) is 3.36. The van der Waals surface area contributed by atoms with Crippen molar-refractivity contribution in [2.24, 2.45) is 0 Å². The van der Waals surface area contributed by atoms with Gasteiger partial charge in [-0.3, -0.25) is 4.98 Å². The Hall–Kier alpha value is -1.09. The van der Waals surface area contributed by atoms with Crippen LogP contribution in [0.2, 0.25) is 0 Å². The van der Waals surface area contributed by atoms with Crippen LogP contribution < -0.4 is 4.90 Å². The zero-order valence-electron chi connectivity index (χ0n) is 10.3. The summed E-state index contributed by atoms with van der Waals surface area (Å²) < 4.78 is 0. The van der Waals surface area contributed by atoms with E-state index in [9.17, 15) is 0 Å². The summed E-state index contributed by atoms with van der Waals surface area (Å²) in [6.07, 6.45) is 3.03. The van der Waals surface area contributed by atoms with Gasteiger partial charge < -0.3 is 9.80 Å². The number of rotatable bonds is 3. The summed E-state index contributed by atoms with van der Waals surface area (Å²) in [7, 11) is 0. The quantitative estimate of drug-likeness (QED) is 0.772. The lowest BCUT2D eigenvalue weighted by Crippen LogP contribution is -2.46. The summed E-state index contributed by atoms with van der Waals surface area (Å²) in [6, 6.07) is 4.34. The Kier molecular flexibility index (Phi) is 3.78. The Morgan fingerprint density at radius 2 is 1.88 bits per heavy atom. The van der Waals surface area contributed by atoms with Crippen molar-refractivity contribution in [1.82, 2.24) is 9.88 Å². The maximum atomic E-state index is 4.46. The van der Waals surface area contributed by atoms with Crippen molar-refractivity contribution in [1.29, 1.82) is 0 Å². The van der Waals surface area contributed by atoms with Crippen molar-refractivity contribution in [2.75, 3.05) is 37.6 Å². The van der Waals surface area contributed by atoms with Crippen LogP contribution in [0.15, 0.2) is 18.3 Å². The number of likely N-dealkylation sites (N-methyl/N-ethyl adjacent to an activating group) is 1. The number of anilines is 1. The van der Waals surface area contributed by atoms with Crippen LogP contribution in [-0.2, 0) is 6.42 Å². The zero-order chi connectivity index (χ0) is 11.4. The van der Waals surface area contributed by atoms with E-state index in [1.807, 2.05) is 6.20 Å². The minimum Gasteiger partial charge on any atom is -0.368 e. The second-order valence-electron chi connectivity index (χ2n) is 4.28. The Morgan fingerprint density at radius 3 is 2.38 bits per heavy atom. The van der Waals surface area contributed by atoms with Gasteiger partial charge in [-0.05, 0) is 25.1 Å². The van der Waals surface area contributed by atoms with Gasteiger partial charge in [0, 0.05) is 31.9 Å². The standard InChI is InChI=1S/C13H21N3/c1-3-12-5-6-13(11-14-12)16-9-7-15(4-2)8-10-16/h5-6,11H,3-4,7-10H2,1-2H3. The normalized spacial score (nSPS) is 17.8. The largest absolute Gasteiger partial charge is 0.368 e. The molecule has 0 radical (unpaired) electrons. The Balaban J connectivity index is 1.97. The number of aromatic nitrogens is 1. The van der Waals surface area contributed by atoms with E-state index in [-0.39, 0.29) is 0 Å². The molecule has 1 saturated heterocycles. The monoisotopic (exact) mass is 219 g/mol. The average molecular weight is 219 g/mol. The average Bonchev–Trinajstić information content (AvgIpc) is 2.39. The van der Waals surface area contributed by atoms with Crippen LogP contribution in [0.3, 0.4) is 0 Å². The molecule has 0 aliphatic carbocycles. The van der Waals surface area contributed by atoms with E-state index in [0.717, 1.165) is 19.5 Å². The predicted molar refractivity (Wildman–Crippen MR) is 67.9 cm³/mol. The molecule has 1 fully saturated rings. The Bertz CT molecular complexity index is 312. The minimum atomic E-state index is 1.02. The number of hydrogen-bond acceptors (Lipinski definition) is 3. The number of nitrogens with zero attached hydrogens (tertiary/aromatic N) is 3. The molecule has 1 aromatic heterocycles. The van der Waals surface area contributed by atoms with Gasteiger partial charge in [-0.25, -0.2) is 0 Å². The molecule has 3 nitrogen and oxygen atoms in total. The van der Waals surface area contributed by atoms with E-state index in [2.05, 4.69) is 40.8 Å². The van der Waals surface area contributed by atoms with Crippen LogP contribution in [0.1, 0.15) is 19.5 Å². The first kappa shape index (κ1) is 11.4. The highest BCUT2D eigenvalue weighted by Gasteiger charge is 2.15. The predicted octanol–water partition coefficient (Wildman–Crippen LogP) is 1.79. The van der Waals surface area contributed by atoms with Crippen LogP contribution in [0, 0.1) is 0 Å². The molecule has 0 saturated carbocycles. The van der Waals surface area contributed by atoms with Crippen LogP contribution >= 0.6 is 0 Å². The van der Waals surface area contributed by atoms with E-state index >= 15 is 0 Å². The fraction of sp³-hybridized carbons (Fsp3) is 0.615. The van der Waals surface area contributed by atoms with Gasteiger partial charge in [0.15, 0.2) is 0 Å². The zero-order valence-corrected chi connectivity index (χ0v) is 10.3. The molecule has 0 bridgehead atoms. The number of pyridine rings is 1. The Labute approximate surface area is 98.1 Å². The van der Waals surface area contributed by atoms with Crippen LogP contribution in [0.5, 0.6) is 0 Å². The van der Waals surface area contributed by atoms with Gasteiger partial charge in [0.05, 0.1) is 11.9 Å². The van der Waals surface area contributed by atoms with E-state index in [4.69, 9.17) is 0 Å². The summed E-state index contributed by atoms with van der Waals surface area (Å²) in [5, 5.41) is 0. The van der Waals surface area contributed by atoms with Crippen molar-refractivity contribution in [2.45, 2.75) is 20.3 Å². The summed E-state index contributed by atoms with van der Waals surface area (Å²) in [4.78, 5) is 9.38. The molecular formula is C13H21N3. The lowest BCUT2D eigenvalue weighted by atomic mass is 10.2. The first-order valence-electron chi connectivity index (χ1n) is 6.25. The molecule has 0 aromatic carbocycles. The van der Waals surface area contributed by atoms with Crippen LogP contribution in [0.25, 0.3) is 0 Å². The topological polar surface area (TPSA) is 19.4 Å². The molecule has 1 aliphatic heterocycles. The number of hydrogen-bond donors (Lipinski definition) is 0. The van der Waals surface area contributed by atoms with Crippen molar-refractivity contribution in [3.8, 4) is 0 Å². The summed E-state index contributed by atoms with van der Waals surface area (Å²) in [5.41, 5.74) is 2.45. The molecule has 88 valence electrons. The van der Waals surface area contributed by atoms with Crippen molar-refractivity contribution in [3.63, 3.8) is 0 Å². The first-order chi connectivity index (χ1) is 7.83. The maximum absolute atomic E-state index is 4.46. The van der Waals surface area contributed by atoms with Crippen molar-refractivity contribution in [3.05, 3.63) is 24.0 Å². The van der Waals surface area contributed by atoms with Crippen molar-refractivity contribution < 1.29 is 0 Å².